The minimum atomic E-state index is 0.713. The fourth-order valence-electron chi connectivity index (χ4n) is 1.24. The SMILES string of the molecule is C=CCC/C(=N/O)c1ccc(C)cc1. The molecule has 0 heterocycles. The Bertz CT molecular complexity index is 325. The third-order valence-electron chi connectivity index (χ3n) is 2.09. The summed E-state index contributed by atoms with van der Waals surface area (Å²) in [5.41, 5.74) is 2.89. The summed E-state index contributed by atoms with van der Waals surface area (Å²) in [5.74, 6) is 0. The lowest BCUT2D eigenvalue weighted by molar-refractivity contribution is 0.318. The molecule has 0 aliphatic heterocycles. The Balaban J connectivity index is 2.79. The summed E-state index contributed by atoms with van der Waals surface area (Å²) in [7, 11) is 0. The number of rotatable bonds is 4. The fourth-order valence-corrected chi connectivity index (χ4v) is 1.24. The molecule has 0 saturated heterocycles. The van der Waals surface area contributed by atoms with Crippen LogP contribution in [-0.4, -0.2) is 10.9 Å². The summed E-state index contributed by atoms with van der Waals surface area (Å²) >= 11 is 0. The minimum absolute atomic E-state index is 0.713. The summed E-state index contributed by atoms with van der Waals surface area (Å²) < 4.78 is 0. The van der Waals surface area contributed by atoms with Crippen molar-refractivity contribution in [1.82, 2.24) is 0 Å². The standard InChI is InChI=1S/C12H15NO/c1-3-4-5-12(13-14)11-8-6-10(2)7-9-11/h3,6-9,14H,1,4-5H2,2H3/b13-12-. The predicted molar refractivity (Wildman–Crippen MR) is 58.9 cm³/mol. The van der Waals surface area contributed by atoms with Gasteiger partial charge in [-0.05, 0) is 25.3 Å². The van der Waals surface area contributed by atoms with Gasteiger partial charge in [0.05, 0.1) is 5.71 Å². The highest BCUT2D eigenvalue weighted by Crippen LogP contribution is 2.08. The number of hydrogen-bond donors (Lipinski definition) is 1. The van der Waals surface area contributed by atoms with Gasteiger partial charge in [0.1, 0.15) is 0 Å². The lowest BCUT2D eigenvalue weighted by atomic mass is 10.0. The number of benzene rings is 1. The second kappa shape index (κ2) is 5.22. The molecule has 0 bridgehead atoms. The second-order valence-electron chi connectivity index (χ2n) is 3.24. The molecule has 0 spiro atoms. The maximum absolute atomic E-state index is 8.83. The monoisotopic (exact) mass is 189 g/mol. The van der Waals surface area contributed by atoms with Crippen molar-refractivity contribution >= 4 is 5.71 Å². The topological polar surface area (TPSA) is 32.6 Å². The Labute approximate surface area is 84.6 Å². The number of hydrogen-bond acceptors (Lipinski definition) is 2. The van der Waals surface area contributed by atoms with Gasteiger partial charge in [0.2, 0.25) is 0 Å². The van der Waals surface area contributed by atoms with Gasteiger partial charge in [-0.2, -0.15) is 0 Å². The fraction of sp³-hybridized carbons (Fsp3) is 0.250. The lowest BCUT2D eigenvalue weighted by Crippen LogP contribution is -2.00. The van der Waals surface area contributed by atoms with E-state index >= 15 is 0 Å². The molecule has 0 fully saturated rings. The molecule has 1 rings (SSSR count). The highest BCUT2D eigenvalue weighted by molar-refractivity contribution is 6.00. The highest BCUT2D eigenvalue weighted by atomic mass is 16.4. The zero-order chi connectivity index (χ0) is 10.4. The first kappa shape index (κ1) is 10.5. The van der Waals surface area contributed by atoms with Crippen LogP contribution in [0.4, 0.5) is 0 Å². The van der Waals surface area contributed by atoms with Crippen LogP contribution in [-0.2, 0) is 0 Å². The smallest absolute Gasteiger partial charge is 0.0870 e. The second-order valence-corrected chi connectivity index (χ2v) is 3.24. The number of aryl methyl sites for hydroxylation is 1. The molecule has 0 atom stereocenters. The summed E-state index contributed by atoms with van der Waals surface area (Å²) in [6.07, 6.45) is 3.37. The molecule has 0 aromatic heterocycles. The first-order chi connectivity index (χ1) is 6.77. The van der Waals surface area contributed by atoms with Gasteiger partial charge in [-0.1, -0.05) is 41.1 Å². The molecule has 2 heteroatoms. The molecule has 0 unspecified atom stereocenters. The van der Waals surface area contributed by atoms with Crippen molar-refractivity contribution < 1.29 is 5.21 Å². The summed E-state index contributed by atoms with van der Waals surface area (Å²) in [5, 5.41) is 12.1. The van der Waals surface area contributed by atoms with Crippen LogP contribution in [0.2, 0.25) is 0 Å². The van der Waals surface area contributed by atoms with Crippen LogP contribution in [0, 0.1) is 6.92 Å². The largest absolute Gasteiger partial charge is 0.411 e. The number of nitrogens with zero attached hydrogens (tertiary/aromatic N) is 1. The third-order valence-corrected chi connectivity index (χ3v) is 2.09. The van der Waals surface area contributed by atoms with Crippen LogP contribution in [0.5, 0.6) is 0 Å². The van der Waals surface area contributed by atoms with Gasteiger partial charge < -0.3 is 5.21 Å². The molecule has 1 aromatic rings. The van der Waals surface area contributed by atoms with Gasteiger partial charge >= 0.3 is 0 Å². The Morgan fingerprint density at radius 3 is 2.57 bits per heavy atom. The van der Waals surface area contributed by atoms with Gasteiger partial charge in [0.25, 0.3) is 0 Å². The normalized spacial score (nSPS) is 11.4. The third kappa shape index (κ3) is 2.73. The molecule has 0 aliphatic carbocycles. The van der Waals surface area contributed by atoms with Gasteiger partial charge in [0, 0.05) is 0 Å². The molecule has 2 nitrogen and oxygen atoms in total. The van der Waals surface area contributed by atoms with Gasteiger partial charge in [-0.3, -0.25) is 0 Å². The molecule has 1 aromatic carbocycles. The van der Waals surface area contributed by atoms with Crippen LogP contribution in [0.1, 0.15) is 24.0 Å². The first-order valence-electron chi connectivity index (χ1n) is 4.67. The molecular formula is C12H15NO. The zero-order valence-electron chi connectivity index (χ0n) is 8.40. The molecule has 0 amide bonds. The van der Waals surface area contributed by atoms with Crippen LogP contribution in [0.25, 0.3) is 0 Å². The molecule has 0 saturated carbocycles. The van der Waals surface area contributed by atoms with Crippen LogP contribution >= 0.6 is 0 Å². The van der Waals surface area contributed by atoms with E-state index in [0.29, 0.717) is 5.71 Å². The van der Waals surface area contributed by atoms with E-state index in [9.17, 15) is 0 Å². The van der Waals surface area contributed by atoms with Crippen molar-refractivity contribution in [2.24, 2.45) is 5.16 Å². The summed E-state index contributed by atoms with van der Waals surface area (Å²) in [6, 6.07) is 7.95. The Hall–Kier alpha value is -1.57. The van der Waals surface area contributed by atoms with Crippen molar-refractivity contribution in [3.8, 4) is 0 Å². The van der Waals surface area contributed by atoms with Crippen LogP contribution in [0.15, 0.2) is 42.1 Å². The molecule has 0 radical (unpaired) electrons. The van der Waals surface area contributed by atoms with E-state index in [1.165, 1.54) is 5.56 Å². The van der Waals surface area contributed by atoms with E-state index in [0.717, 1.165) is 18.4 Å². The van der Waals surface area contributed by atoms with E-state index in [-0.39, 0.29) is 0 Å². The van der Waals surface area contributed by atoms with Crippen molar-refractivity contribution in [3.63, 3.8) is 0 Å². The van der Waals surface area contributed by atoms with Gasteiger partial charge in [-0.25, -0.2) is 0 Å². The average Bonchev–Trinajstić information content (AvgIpc) is 2.21. The van der Waals surface area contributed by atoms with Crippen LogP contribution in [0.3, 0.4) is 0 Å². The van der Waals surface area contributed by atoms with E-state index in [4.69, 9.17) is 5.21 Å². The van der Waals surface area contributed by atoms with Crippen LogP contribution < -0.4 is 0 Å². The van der Waals surface area contributed by atoms with Crippen molar-refractivity contribution in [1.29, 1.82) is 0 Å². The molecule has 14 heavy (non-hydrogen) atoms. The van der Waals surface area contributed by atoms with Crippen molar-refractivity contribution in [2.75, 3.05) is 0 Å². The molecule has 74 valence electrons. The maximum Gasteiger partial charge on any atom is 0.0870 e. The van der Waals surface area contributed by atoms with Gasteiger partial charge in [0.15, 0.2) is 0 Å². The molecule has 1 N–H and O–H groups in total. The van der Waals surface area contributed by atoms with E-state index in [1.54, 1.807) is 0 Å². The van der Waals surface area contributed by atoms with Gasteiger partial charge in [-0.15, -0.1) is 6.58 Å². The number of allylic oxidation sites excluding steroid dienone is 1. The van der Waals surface area contributed by atoms with Crippen molar-refractivity contribution in [3.05, 3.63) is 48.0 Å². The quantitative estimate of drug-likeness (QED) is 0.335. The Morgan fingerprint density at radius 1 is 1.43 bits per heavy atom. The minimum Gasteiger partial charge on any atom is -0.411 e. The zero-order valence-corrected chi connectivity index (χ0v) is 8.40. The van der Waals surface area contributed by atoms with E-state index in [1.807, 2.05) is 37.3 Å². The average molecular weight is 189 g/mol. The summed E-state index contributed by atoms with van der Waals surface area (Å²) in [6.45, 7) is 5.67. The number of oxime groups is 1. The Morgan fingerprint density at radius 2 is 2.07 bits per heavy atom. The highest BCUT2D eigenvalue weighted by Gasteiger charge is 2.02. The lowest BCUT2D eigenvalue weighted by Gasteiger charge is -2.02. The molecular weight excluding hydrogens is 174 g/mol. The van der Waals surface area contributed by atoms with E-state index < -0.39 is 0 Å². The summed E-state index contributed by atoms with van der Waals surface area (Å²) in [4.78, 5) is 0. The predicted octanol–water partition coefficient (Wildman–Crippen LogP) is 3.14. The first-order valence-corrected chi connectivity index (χ1v) is 4.67. The molecule has 0 aliphatic rings. The van der Waals surface area contributed by atoms with Crippen molar-refractivity contribution in [2.45, 2.75) is 19.8 Å². The Kier molecular flexibility index (Phi) is 3.92. The maximum atomic E-state index is 8.83. The van der Waals surface area contributed by atoms with E-state index in [2.05, 4.69) is 11.7 Å².